The van der Waals surface area contributed by atoms with Crippen LogP contribution in [0, 0.1) is 0 Å². The second kappa shape index (κ2) is 7.16. The molecule has 1 rings (SSSR count). The molecule has 6 heteroatoms. The number of nitrogens with one attached hydrogen (secondary N) is 2. The summed E-state index contributed by atoms with van der Waals surface area (Å²) >= 11 is 12.0. The Morgan fingerprint density at radius 2 is 2.00 bits per heavy atom. The Bertz CT molecular complexity index is 473. The molecule has 1 aromatic rings. The lowest BCUT2D eigenvalue weighted by atomic mass is 10.1. The van der Waals surface area contributed by atoms with Crippen molar-refractivity contribution in [3.8, 4) is 0 Å². The maximum atomic E-state index is 11.6. The summed E-state index contributed by atoms with van der Waals surface area (Å²) in [5.74, 6) is 0. The van der Waals surface area contributed by atoms with E-state index in [2.05, 4.69) is 10.9 Å². The van der Waals surface area contributed by atoms with E-state index < -0.39 is 11.7 Å². The van der Waals surface area contributed by atoms with Gasteiger partial charge < -0.3 is 4.74 Å². The minimum Gasteiger partial charge on any atom is -0.443 e. The fraction of sp³-hybridized carbons (Fsp3) is 0.500. The maximum Gasteiger partial charge on any atom is 0.422 e. The third-order valence-electron chi connectivity index (χ3n) is 2.49. The first-order chi connectivity index (χ1) is 9.23. The first kappa shape index (κ1) is 17.1. The standard InChI is InChI=1S/C14H20Cl2N2O2/c1-5-12(10-7-6-9(15)8-11(10)16)17-18-13(19)20-14(2,3)4/h6-8,12,17H,5H2,1-4H3,(H,18,19). The van der Waals surface area contributed by atoms with Crippen molar-refractivity contribution in [3.05, 3.63) is 33.8 Å². The number of rotatable bonds is 4. The van der Waals surface area contributed by atoms with Gasteiger partial charge in [0.15, 0.2) is 0 Å². The van der Waals surface area contributed by atoms with E-state index >= 15 is 0 Å². The molecule has 1 amide bonds. The monoisotopic (exact) mass is 318 g/mol. The van der Waals surface area contributed by atoms with Crippen LogP contribution in [0.1, 0.15) is 45.7 Å². The number of amides is 1. The van der Waals surface area contributed by atoms with Gasteiger partial charge in [0.1, 0.15) is 5.60 Å². The average Bonchev–Trinajstić information content (AvgIpc) is 2.29. The molecule has 0 aromatic heterocycles. The van der Waals surface area contributed by atoms with Crippen molar-refractivity contribution in [2.24, 2.45) is 0 Å². The van der Waals surface area contributed by atoms with Crippen LogP contribution in [0.25, 0.3) is 0 Å². The van der Waals surface area contributed by atoms with Crippen molar-refractivity contribution in [2.75, 3.05) is 0 Å². The van der Waals surface area contributed by atoms with E-state index in [4.69, 9.17) is 27.9 Å². The zero-order valence-electron chi connectivity index (χ0n) is 12.1. The zero-order chi connectivity index (χ0) is 15.3. The molecule has 1 unspecified atom stereocenters. The summed E-state index contributed by atoms with van der Waals surface area (Å²) in [5.41, 5.74) is 5.78. The van der Waals surface area contributed by atoms with Gasteiger partial charge in [0, 0.05) is 10.0 Å². The van der Waals surface area contributed by atoms with Crippen LogP contribution in [-0.4, -0.2) is 11.7 Å². The van der Waals surface area contributed by atoms with Crippen molar-refractivity contribution in [1.82, 2.24) is 10.9 Å². The fourth-order valence-corrected chi connectivity index (χ4v) is 2.17. The Labute approximate surface area is 129 Å². The quantitative estimate of drug-likeness (QED) is 0.805. The molecule has 1 aromatic carbocycles. The number of halogens is 2. The molecular weight excluding hydrogens is 299 g/mol. The van der Waals surface area contributed by atoms with Crippen molar-refractivity contribution in [3.63, 3.8) is 0 Å². The third kappa shape index (κ3) is 5.57. The van der Waals surface area contributed by atoms with Crippen LogP contribution in [0.15, 0.2) is 18.2 Å². The summed E-state index contributed by atoms with van der Waals surface area (Å²) in [4.78, 5) is 11.6. The summed E-state index contributed by atoms with van der Waals surface area (Å²) in [6, 6.07) is 5.16. The van der Waals surface area contributed by atoms with E-state index in [0.29, 0.717) is 10.0 Å². The highest BCUT2D eigenvalue weighted by Crippen LogP contribution is 2.27. The lowest BCUT2D eigenvalue weighted by Crippen LogP contribution is -2.42. The van der Waals surface area contributed by atoms with E-state index in [9.17, 15) is 4.79 Å². The number of carbonyl (C=O) groups excluding carboxylic acids is 1. The summed E-state index contributed by atoms with van der Waals surface area (Å²) in [5, 5.41) is 1.14. The zero-order valence-corrected chi connectivity index (χ0v) is 13.6. The predicted octanol–water partition coefficient (Wildman–Crippen LogP) is 4.47. The molecule has 0 saturated heterocycles. The molecule has 0 aliphatic carbocycles. The van der Waals surface area contributed by atoms with Crippen molar-refractivity contribution >= 4 is 29.3 Å². The van der Waals surface area contributed by atoms with Gasteiger partial charge in [0.05, 0.1) is 6.04 Å². The van der Waals surface area contributed by atoms with Crippen LogP contribution in [-0.2, 0) is 4.74 Å². The van der Waals surface area contributed by atoms with Gasteiger partial charge in [0.2, 0.25) is 0 Å². The van der Waals surface area contributed by atoms with Gasteiger partial charge in [-0.15, -0.1) is 0 Å². The number of benzene rings is 1. The Kier molecular flexibility index (Phi) is 6.11. The Hall–Kier alpha value is -0.970. The average molecular weight is 319 g/mol. The molecule has 2 N–H and O–H groups in total. The van der Waals surface area contributed by atoms with Gasteiger partial charge in [-0.3, -0.25) is 5.43 Å². The Morgan fingerprint density at radius 3 is 2.50 bits per heavy atom. The predicted molar refractivity (Wildman–Crippen MR) is 82.0 cm³/mol. The van der Waals surface area contributed by atoms with Crippen LogP contribution in [0.5, 0.6) is 0 Å². The number of carbonyl (C=O) groups is 1. The normalized spacial score (nSPS) is 12.9. The van der Waals surface area contributed by atoms with Crippen LogP contribution >= 0.6 is 23.2 Å². The topological polar surface area (TPSA) is 50.4 Å². The SMILES string of the molecule is CCC(NNC(=O)OC(C)(C)C)c1ccc(Cl)cc1Cl. The van der Waals surface area contributed by atoms with Gasteiger partial charge in [0.25, 0.3) is 0 Å². The second-order valence-electron chi connectivity index (χ2n) is 5.40. The van der Waals surface area contributed by atoms with Crippen LogP contribution in [0.3, 0.4) is 0 Å². The van der Waals surface area contributed by atoms with Crippen molar-refractivity contribution in [2.45, 2.75) is 45.8 Å². The lowest BCUT2D eigenvalue weighted by Gasteiger charge is -2.23. The highest BCUT2D eigenvalue weighted by molar-refractivity contribution is 6.35. The van der Waals surface area contributed by atoms with Crippen LogP contribution in [0.2, 0.25) is 10.0 Å². The molecule has 0 radical (unpaired) electrons. The highest BCUT2D eigenvalue weighted by atomic mass is 35.5. The van der Waals surface area contributed by atoms with Gasteiger partial charge in [-0.25, -0.2) is 10.2 Å². The summed E-state index contributed by atoms with van der Waals surface area (Å²) in [6.07, 6.45) is 0.220. The Morgan fingerprint density at radius 1 is 1.35 bits per heavy atom. The largest absolute Gasteiger partial charge is 0.443 e. The molecular formula is C14H20Cl2N2O2. The first-order valence-electron chi connectivity index (χ1n) is 6.42. The van der Waals surface area contributed by atoms with Gasteiger partial charge in [-0.1, -0.05) is 36.2 Å². The molecule has 0 aliphatic heterocycles. The minimum atomic E-state index is -0.536. The van der Waals surface area contributed by atoms with Crippen LogP contribution < -0.4 is 10.9 Å². The molecule has 1 atom stereocenters. The summed E-state index contributed by atoms with van der Waals surface area (Å²) < 4.78 is 5.15. The van der Waals surface area contributed by atoms with Gasteiger partial charge in [-0.05, 0) is 44.9 Å². The van der Waals surface area contributed by atoms with Crippen LogP contribution in [0.4, 0.5) is 4.79 Å². The third-order valence-corrected chi connectivity index (χ3v) is 3.06. The molecule has 0 bridgehead atoms. The second-order valence-corrected chi connectivity index (χ2v) is 6.24. The number of hydrogen-bond donors (Lipinski definition) is 2. The smallest absolute Gasteiger partial charge is 0.422 e. The van der Waals surface area contributed by atoms with E-state index in [1.165, 1.54) is 0 Å². The number of hydrazine groups is 1. The molecule has 0 saturated carbocycles. The molecule has 20 heavy (non-hydrogen) atoms. The molecule has 0 fully saturated rings. The molecule has 0 aliphatic rings. The van der Waals surface area contributed by atoms with Gasteiger partial charge >= 0.3 is 6.09 Å². The van der Waals surface area contributed by atoms with Crippen molar-refractivity contribution in [1.29, 1.82) is 0 Å². The molecule has 0 spiro atoms. The van der Waals surface area contributed by atoms with E-state index in [1.54, 1.807) is 32.9 Å². The highest BCUT2D eigenvalue weighted by Gasteiger charge is 2.18. The van der Waals surface area contributed by atoms with E-state index in [1.807, 2.05) is 13.0 Å². The van der Waals surface area contributed by atoms with Gasteiger partial charge in [-0.2, -0.15) is 0 Å². The summed E-state index contributed by atoms with van der Waals surface area (Å²) in [6.45, 7) is 7.40. The van der Waals surface area contributed by atoms with E-state index in [-0.39, 0.29) is 6.04 Å². The number of hydrogen-bond acceptors (Lipinski definition) is 3. The summed E-state index contributed by atoms with van der Waals surface area (Å²) in [7, 11) is 0. The maximum absolute atomic E-state index is 11.6. The molecule has 112 valence electrons. The number of ether oxygens (including phenoxy) is 1. The minimum absolute atomic E-state index is 0.118. The van der Waals surface area contributed by atoms with Crippen molar-refractivity contribution < 1.29 is 9.53 Å². The first-order valence-corrected chi connectivity index (χ1v) is 7.18. The van der Waals surface area contributed by atoms with E-state index in [0.717, 1.165) is 12.0 Å². The fourth-order valence-electron chi connectivity index (χ4n) is 1.63. The Balaban J connectivity index is 2.66. The molecule has 0 heterocycles. The molecule has 4 nitrogen and oxygen atoms in total. The lowest BCUT2D eigenvalue weighted by molar-refractivity contribution is 0.0487.